The molecule has 0 unspecified atom stereocenters. The van der Waals surface area contributed by atoms with E-state index < -0.39 is 5.97 Å². The molecule has 1 aromatic rings. The maximum Gasteiger partial charge on any atom is 0.341 e. The lowest BCUT2D eigenvalue weighted by molar-refractivity contribution is -0.123. The third kappa shape index (κ3) is 5.09. The van der Waals surface area contributed by atoms with E-state index in [1.807, 2.05) is 6.92 Å². The molecule has 0 aliphatic carbocycles. The first-order valence-corrected chi connectivity index (χ1v) is 6.73. The first-order chi connectivity index (χ1) is 9.58. The Morgan fingerprint density at radius 1 is 1.35 bits per heavy atom. The number of methoxy groups -OCH3 is 1. The van der Waals surface area contributed by atoms with Crippen molar-refractivity contribution in [3.63, 3.8) is 0 Å². The molecule has 1 N–H and O–H groups in total. The van der Waals surface area contributed by atoms with Gasteiger partial charge in [-0.05, 0) is 24.6 Å². The molecule has 1 amide bonds. The maximum atomic E-state index is 11.6. The van der Waals surface area contributed by atoms with Gasteiger partial charge in [-0.1, -0.05) is 24.9 Å². The zero-order valence-corrected chi connectivity index (χ0v) is 12.3. The van der Waals surface area contributed by atoms with Crippen molar-refractivity contribution in [1.29, 1.82) is 0 Å². The molecule has 20 heavy (non-hydrogen) atoms. The number of ether oxygens (including phenoxy) is 2. The molecule has 0 bridgehead atoms. The van der Waals surface area contributed by atoms with Gasteiger partial charge < -0.3 is 14.8 Å². The van der Waals surface area contributed by atoms with Crippen LogP contribution in [-0.2, 0) is 9.53 Å². The average Bonchev–Trinajstić information content (AvgIpc) is 2.45. The molecule has 110 valence electrons. The molecule has 0 radical (unpaired) electrons. The van der Waals surface area contributed by atoms with Gasteiger partial charge in [-0.15, -0.1) is 0 Å². The van der Waals surface area contributed by atoms with E-state index in [2.05, 4.69) is 10.1 Å². The van der Waals surface area contributed by atoms with E-state index in [4.69, 9.17) is 16.3 Å². The highest BCUT2D eigenvalue weighted by molar-refractivity contribution is 6.31. The van der Waals surface area contributed by atoms with Crippen LogP contribution in [0.15, 0.2) is 18.2 Å². The van der Waals surface area contributed by atoms with Gasteiger partial charge in [0.2, 0.25) is 0 Å². The van der Waals surface area contributed by atoms with Crippen molar-refractivity contribution in [2.45, 2.75) is 19.8 Å². The van der Waals surface area contributed by atoms with Crippen molar-refractivity contribution in [2.75, 3.05) is 20.3 Å². The second-order valence-corrected chi connectivity index (χ2v) is 4.56. The van der Waals surface area contributed by atoms with Gasteiger partial charge in [-0.25, -0.2) is 4.79 Å². The number of carbonyl (C=O) groups is 2. The predicted molar refractivity (Wildman–Crippen MR) is 76.2 cm³/mol. The van der Waals surface area contributed by atoms with Crippen LogP contribution >= 0.6 is 11.6 Å². The molecule has 1 rings (SSSR count). The summed E-state index contributed by atoms with van der Waals surface area (Å²) in [6.45, 7) is 2.50. The third-order valence-electron chi connectivity index (χ3n) is 2.56. The van der Waals surface area contributed by atoms with Crippen LogP contribution in [0.2, 0.25) is 5.02 Å². The summed E-state index contributed by atoms with van der Waals surface area (Å²) in [5, 5.41) is 3.12. The van der Waals surface area contributed by atoms with Crippen LogP contribution < -0.4 is 10.1 Å². The van der Waals surface area contributed by atoms with Gasteiger partial charge in [0.05, 0.1) is 7.11 Å². The van der Waals surface area contributed by atoms with E-state index in [1.165, 1.54) is 19.2 Å². The van der Waals surface area contributed by atoms with E-state index in [0.717, 1.165) is 12.8 Å². The Kier molecular flexibility index (Phi) is 6.87. The van der Waals surface area contributed by atoms with Gasteiger partial charge in [0.25, 0.3) is 5.91 Å². The lowest BCUT2D eigenvalue weighted by Crippen LogP contribution is -2.29. The molecular formula is C14H18ClNO4. The monoisotopic (exact) mass is 299 g/mol. The van der Waals surface area contributed by atoms with E-state index in [9.17, 15) is 9.59 Å². The van der Waals surface area contributed by atoms with Crippen molar-refractivity contribution in [3.8, 4) is 5.75 Å². The van der Waals surface area contributed by atoms with Crippen molar-refractivity contribution >= 4 is 23.5 Å². The zero-order valence-electron chi connectivity index (χ0n) is 11.6. The smallest absolute Gasteiger partial charge is 0.341 e. The molecule has 5 nitrogen and oxygen atoms in total. The molecular weight excluding hydrogens is 282 g/mol. The van der Waals surface area contributed by atoms with Gasteiger partial charge in [0.15, 0.2) is 6.61 Å². The molecule has 0 atom stereocenters. The minimum atomic E-state index is -0.561. The Bertz CT molecular complexity index is 476. The van der Waals surface area contributed by atoms with Crippen LogP contribution in [0.4, 0.5) is 0 Å². The summed E-state index contributed by atoms with van der Waals surface area (Å²) >= 11 is 5.82. The second kappa shape index (κ2) is 8.43. The minimum absolute atomic E-state index is 0.157. The molecule has 0 aromatic heterocycles. The van der Waals surface area contributed by atoms with Crippen LogP contribution in [0.25, 0.3) is 0 Å². The van der Waals surface area contributed by atoms with Gasteiger partial charge >= 0.3 is 5.97 Å². The predicted octanol–water partition coefficient (Wildman–Crippen LogP) is 2.42. The largest absolute Gasteiger partial charge is 0.483 e. The third-order valence-corrected chi connectivity index (χ3v) is 2.79. The van der Waals surface area contributed by atoms with E-state index in [-0.39, 0.29) is 23.8 Å². The maximum absolute atomic E-state index is 11.6. The van der Waals surface area contributed by atoms with Crippen LogP contribution in [0.1, 0.15) is 30.1 Å². The molecule has 6 heteroatoms. The fourth-order valence-electron chi connectivity index (χ4n) is 1.50. The second-order valence-electron chi connectivity index (χ2n) is 4.12. The Balaban J connectivity index is 2.63. The topological polar surface area (TPSA) is 64.6 Å². The number of halogens is 1. The number of rotatable bonds is 7. The fraction of sp³-hybridized carbons (Fsp3) is 0.429. The lowest BCUT2D eigenvalue weighted by Gasteiger charge is -2.10. The first-order valence-electron chi connectivity index (χ1n) is 6.35. The Morgan fingerprint density at radius 2 is 2.10 bits per heavy atom. The van der Waals surface area contributed by atoms with Crippen molar-refractivity contribution < 1.29 is 19.1 Å². The molecule has 0 heterocycles. The average molecular weight is 300 g/mol. The number of nitrogens with one attached hydrogen (secondary N) is 1. The van der Waals surface area contributed by atoms with Crippen LogP contribution in [0.5, 0.6) is 5.75 Å². The highest BCUT2D eigenvalue weighted by Gasteiger charge is 2.14. The number of amides is 1. The molecule has 0 spiro atoms. The Morgan fingerprint density at radius 3 is 2.75 bits per heavy atom. The molecule has 1 aromatic carbocycles. The summed E-state index contributed by atoms with van der Waals surface area (Å²) < 4.78 is 9.98. The SMILES string of the molecule is CCCCNC(=O)COc1ccc(Cl)cc1C(=O)OC. The normalized spacial score (nSPS) is 9.95. The Hall–Kier alpha value is -1.75. The van der Waals surface area contributed by atoms with E-state index >= 15 is 0 Å². The highest BCUT2D eigenvalue weighted by Crippen LogP contribution is 2.23. The van der Waals surface area contributed by atoms with Gasteiger partial charge in [-0.3, -0.25) is 4.79 Å². The number of carbonyl (C=O) groups excluding carboxylic acids is 2. The number of hydrogen-bond acceptors (Lipinski definition) is 4. The molecule has 0 fully saturated rings. The molecule has 0 aliphatic rings. The van der Waals surface area contributed by atoms with Crippen molar-refractivity contribution in [2.24, 2.45) is 0 Å². The van der Waals surface area contributed by atoms with Gasteiger partial charge in [0.1, 0.15) is 11.3 Å². The molecule has 0 saturated carbocycles. The molecule has 0 saturated heterocycles. The Labute approximate surface area is 123 Å². The summed E-state index contributed by atoms with van der Waals surface area (Å²) in [4.78, 5) is 23.1. The number of hydrogen-bond donors (Lipinski definition) is 1. The van der Waals surface area contributed by atoms with Crippen LogP contribution in [0, 0.1) is 0 Å². The summed E-state index contributed by atoms with van der Waals surface area (Å²) in [7, 11) is 1.27. The fourth-order valence-corrected chi connectivity index (χ4v) is 1.67. The van der Waals surface area contributed by atoms with Gasteiger partial charge in [-0.2, -0.15) is 0 Å². The quantitative estimate of drug-likeness (QED) is 0.620. The number of esters is 1. The number of benzene rings is 1. The van der Waals surface area contributed by atoms with E-state index in [1.54, 1.807) is 6.07 Å². The summed E-state index contributed by atoms with van der Waals surface area (Å²) in [5.41, 5.74) is 0.196. The van der Waals surface area contributed by atoms with Crippen molar-refractivity contribution in [3.05, 3.63) is 28.8 Å². The number of unbranched alkanes of at least 4 members (excludes halogenated alkanes) is 1. The highest BCUT2D eigenvalue weighted by atomic mass is 35.5. The van der Waals surface area contributed by atoms with Crippen LogP contribution in [-0.4, -0.2) is 32.1 Å². The summed E-state index contributed by atoms with van der Waals surface area (Å²) in [6, 6.07) is 4.56. The van der Waals surface area contributed by atoms with E-state index in [0.29, 0.717) is 11.6 Å². The lowest BCUT2D eigenvalue weighted by atomic mass is 10.2. The van der Waals surface area contributed by atoms with Crippen LogP contribution in [0.3, 0.4) is 0 Å². The van der Waals surface area contributed by atoms with Crippen molar-refractivity contribution in [1.82, 2.24) is 5.32 Å². The first kappa shape index (κ1) is 16.3. The standard InChI is InChI=1S/C14H18ClNO4/c1-3-4-7-16-13(17)9-20-12-6-5-10(15)8-11(12)14(18)19-2/h5-6,8H,3-4,7,9H2,1-2H3,(H,16,17). The summed E-state index contributed by atoms with van der Waals surface area (Å²) in [5.74, 6) is -0.523. The minimum Gasteiger partial charge on any atom is -0.483 e. The molecule has 0 aliphatic heterocycles. The zero-order chi connectivity index (χ0) is 15.0. The van der Waals surface area contributed by atoms with Gasteiger partial charge in [0, 0.05) is 11.6 Å². The summed E-state index contributed by atoms with van der Waals surface area (Å²) in [6.07, 6.45) is 1.92.